The summed E-state index contributed by atoms with van der Waals surface area (Å²) < 4.78 is 5.37. The molecule has 2 saturated carbocycles. The van der Waals surface area contributed by atoms with Crippen LogP contribution in [0.3, 0.4) is 0 Å². The Morgan fingerprint density at radius 2 is 1.75 bits per heavy atom. The van der Waals surface area contributed by atoms with Gasteiger partial charge in [-0.25, -0.2) is 0 Å². The second-order valence-corrected chi connectivity index (χ2v) is 5.67. The summed E-state index contributed by atoms with van der Waals surface area (Å²) in [5.74, 6) is 3.79. The van der Waals surface area contributed by atoms with Gasteiger partial charge in [0.15, 0.2) is 0 Å². The fourth-order valence-corrected chi connectivity index (χ4v) is 2.72. The fourth-order valence-electron chi connectivity index (χ4n) is 2.72. The Balaban J connectivity index is 1.64. The molecule has 0 amide bonds. The lowest BCUT2D eigenvalue weighted by Crippen LogP contribution is -2.20. The number of aromatic nitrogens is 3. The lowest BCUT2D eigenvalue weighted by atomic mass is 9.98. The molecule has 0 aliphatic heterocycles. The van der Waals surface area contributed by atoms with E-state index in [1.165, 1.54) is 25.7 Å². The van der Waals surface area contributed by atoms with E-state index >= 15 is 0 Å². The zero-order chi connectivity index (χ0) is 13.9. The third-order valence-corrected chi connectivity index (χ3v) is 4.06. The molecule has 0 unspecified atom stereocenters. The van der Waals surface area contributed by atoms with Crippen molar-refractivity contribution in [2.24, 2.45) is 17.8 Å². The summed E-state index contributed by atoms with van der Waals surface area (Å²) in [5, 5.41) is 6.32. The molecule has 6 nitrogen and oxygen atoms in total. The fraction of sp³-hybridized carbons (Fsp3) is 0.786. The summed E-state index contributed by atoms with van der Waals surface area (Å²) in [6.45, 7) is 3.44. The third-order valence-electron chi connectivity index (χ3n) is 4.06. The summed E-state index contributed by atoms with van der Waals surface area (Å²) in [6.07, 6.45) is 5.58. The Kier molecular flexibility index (Phi) is 3.89. The van der Waals surface area contributed by atoms with Gasteiger partial charge in [0, 0.05) is 13.6 Å². The van der Waals surface area contributed by atoms with Crippen LogP contribution in [-0.2, 0) is 0 Å². The second kappa shape index (κ2) is 5.81. The highest BCUT2D eigenvalue weighted by Crippen LogP contribution is 2.49. The number of hydrogen-bond acceptors (Lipinski definition) is 6. The number of rotatable bonds is 8. The minimum atomic E-state index is 0.378. The van der Waals surface area contributed by atoms with Gasteiger partial charge in [-0.15, -0.1) is 0 Å². The summed E-state index contributed by atoms with van der Waals surface area (Å²) >= 11 is 0. The van der Waals surface area contributed by atoms with Crippen molar-refractivity contribution in [3.05, 3.63) is 0 Å². The maximum absolute atomic E-state index is 5.37. The van der Waals surface area contributed by atoms with Gasteiger partial charge in [-0.2, -0.15) is 15.0 Å². The summed E-state index contributed by atoms with van der Waals surface area (Å²) in [4.78, 5) is 12.8. The van der Waals surface area contributed by atoms with Crippen molar-refractivity contribution < 1.29 is 4.74 Å². The smallest absolute Gasteiger partial charge is 0.323 e. The number of anilines is 2. The Morgan fingerprint density at radius 3 is 2.30 bits per heavy atom. The molecule has 2 N–H and O–H groups in total. The Hall–Kier alpha value is -1.59. The van der Waals surface area contributed by atoms with E-state index in [0.717, 1.165) is 24.3 Å². The van der Waals surface area contributed by atoms with Gasteiger partial charge >= 0.3 is 6.01 Å². The van der Waals surface area contributed by atoms with Gasteiger partial charge in [-0.1, -0.05) is 0 Å². The molecule has 0 spiro atoms. The van der Waals surface area contributed by atoms with E-state index in [-0.39, 0.29) is 0 Å². The minimum absolute atomic E-state index is 0.378. The van der Waals surface area contributed by atoms with E-state index in [9.17, 15) is 0 Å². The summed E-state index contributed by atoms with van der Waals surface area (Å²) in [5.41, 5.74) is 0. The topological polar surface area (TPSA) is 72.0 Å². The van der Waals surface area contributed by atoms with Gasteiger partial charge in [0.05, 0.1) is 6.61 Å². The molecule has 2 aliphatic rings. The van der Waals surface area contributed by atoms with E-state index in [0.29, 0.717) is 24.5 Å². The van der Waals surface area contributed by atoms with Gasteiger partial charge in [-0.3, -0.25) is 0 Å². The van der Waals surface area contributed by atoms with E-state index < -0.39 is 0 Å². The Labute approximate surface area is 119 Å². The van der Waals surface area contributed by atoms with E-state index in [2.05, 4.69) is 25.6 Å². The van der Waals surface area contributed by atoms with Gasteiger partial charge in [0.1, 0.15) is 0 Å². The number of ether oxygens (including phenoxy) is 1. The predicted octanol–water partition coefficient (Wildman–Crippen LogP) is 2.16. The molecule has 0 radical (unpaired) electrons. The molecule has 1 aromatic heterocycles. The van der Waals surface area contributed by atoms with Gasteiger partial charge in [0.2, 0.25) is 11.9 Å². The van der Waals surface area contributed by atoms with Crippen LogP contribution in [0.2, 0.25) is 0 Å². The quantitative estimate of drug-likeness (QED) is 0.758. The molecule has 2 fully saturated rings. The first-order chi connectivity index (χ1) is 9.80. The Bertz CT molecular complexity index is 447. The highest BCUT2D eigenvalue weighted by Gasteiger charge is 2.41. The first-order valence-electron chi connectivity index (χ1n) is 7.60. The van der Waals surface area contributed by atoms with Crippen LogP contribution in [0, 0.1) is 17.8 Å². The van der Waals surface area contributed by atoms with Crippen LogP contribution in [0.1, 0.15) is 32.6 Å². The molecule has 1 aromatic rings. The van der Waals surface area contributed by atoms with Crippen molar-refractivity contribution in [2.75, 3.05) is 30.8 Å². The van der Waals surface area contributed by atoms with Gasteiger partial charge in [-0.05, 0) is 50.4 Å². The van der Waals surface area contributed by atoms with Crippen LogP contribution in [-0.4, -0.2) is 35.2 Å². The zero-order valence-corrected chi connectivity index (χ0v) is 12.2. The largest absolute Gasteiger partial charge is 0.464 e. The molecule has 20 heavy (non-hydrogen) atoms. The van der Waals surface area contributed by atoms with Crippen LogP contribution in [0.15, 0.2) is 0 Å². The standard InChI is InChI=1S/C14H23N5O/c1-3-20-14-18-12(15-2)17-13(19-14)16-8-11(9-4-5-9)10-6-7-10/h9-11H,3-8H2,1-2H3,(H2,15,16,17,18,19). The molecule has 0 atom stereocenters. The highest BCUT2D eigenvalue weighted by molar-refractivity contribution is 5.35. The first-order valence-corrected chi connectivity index (χ1v) is 7.60. The molecule has 3 rings (SSSR count). The molecular weight excluding hydrogens is 254 g/mol. The average molecular weight is 277 g/mol. The molecular formula is C14H23N5O. The van der Waals surface area contributed by atoms with Crippen LogP contribution >= 0.6 is 0 Å². The van der Waals surface area contributed by atoms with Crippen molar-refractivity contribution in [1.82, 2.24) is 15.0 Å². The van der Waals surface area contributed by atoms with E-state index in [1.54, 1.807) is 7.05 Å². The Morgan fingerprint density at radius 1 is 1.10 bits per heavy atom. The van der Waals surface area contributed by atoms with E-state index in [4.69, 9.17) is 4.74 Å². The zero-order valence-electron chi connectivity index (χ0n) is 12.2. The predicted molar refractivity (Wildman–Crippen MR) is 78.0 cm³/mol. The third kappa shape index (κ3) is 3.29. The molecule has 110 valence electrons. The molecule has 0 aromatic carbocycles. The molecule has 0 bridgehead atoms. The SMILES string of the molecule is CCOc1nc(NC)nc(NCC(C2CC2)C2CC2)n1. The summed E-state index contributed by atoms with van der Waals surface area (Å²) in [6, 6.07) is 0.378. The van der Waals surface area contributed by atoms with Crippen LogP contribution in [0.4, 0.5) is 11.9 Å². The van der Waals surface area contributed by atoms with Crippen LogP contribution in [0.5, 0.6) is 6.01 Å². The van der Waals surface area contributed by atoms with Crippen LogP contribution < -0.4 is 15.4 Å². The van der Waals surface area contributed by atoms with Crippen molar-refractivity contribution in [1.29, 1.82) is 0 Å². The number of nitrogens with one attached hydrogen (secondary N) is 2. The van der Waals surface area contributed by atoms with Crippen LogP contribution in [0.25, 0.3) is 0 Å². The lowest BCUT2D eigenvalue weighted by Gasteiger charge is -2.16. The highest BCUT2D eigenvalue weighted by atomic mass is 16.5. The minimum Gasteiger partial charge on any atom is -0.464 e. The number of hydrogen-bond donors (Lipinski definition) is 2. The van der Waals surface area contributed by atoms with Gasteiger partial charge < -0.3 is 15.4 Å². The van der Waals surface area contributed by atoms with Gasteiger partial charge in [0.25, 0.3) is 0 Å². The lowest BCUT2D eigenvalue weighted by molar-refractivity contribution is 0.312. The molecule has 2 aliphatic carbocycles. The molecule has 6 heteroatoms. The van der Waals surface area contributed by atoms with Crippen molar-refractivity contribution in [3.8, 4) is 6.01 Å². The van der Waals surface area contributed by atoms with Crippen molar-refractivity contribution >= 4 is 11.9 Å². The van der Waals surface area contributed by atoms with E-state index in [1.807, 2.05) is 6.92 Å². The average Bonchev–Trinajstić information content (AvgIpc) is 3.32. The maximum atomic E-state index is 5.37. The normalized spacial score (nSPS) is 18.1. The van der Waals surface area contributed by atoms with Crippen molar-refractivity contribution in [2.45, 2.75) is 32.6 Å². The number of nitrogens with zero attached hydrogens (tertiary/aromatic N) is 3. The molecule has 0 saturated heterocycles. The molecule has 1 heterocycles. The summed E-state index contributed by atoms with van der Waals surface area (Å²) in [7, 11) is 1.80. The second-order valence-electron chi connectivity index (χ2n) is 5.67. The first kappa shape index (κ1) is 13.4. The van der Waals surface area contributed by atoms with Crippen molar-refractivity contribution in [3.63, 3.8) is 0 Å². The maximum Gasteiger partial charge on any atom is 0.323 e. The monoisotopic (exact) mass is 277 g/mol.